The number of primary amides is 1. The van der Waals surface area contributed by atoms with Crippen LogP contribution in [-0.2, 0) is 42.8 Å². The molecule has 356 valence electrons. The number of fused-ring (bicyclic) bond motifs is 1. The van der Waals surface area contributed by atoms with Crippen LogP contribution < -0.4 is 11.1 Å². The van der Waals surface area contributed by atoms with Crippen molar-refractivity contribution in [2.24, 2.45) is 35.3 Å². The summed E-state index contributed by atoms with van der Waals surface area (Å²) in [5.74, 6) is -5.29. The first-order valence-corrected chi connectivity index (χ1v) is 22.5. The number of aliphatic hydroxyl groups is 3. The maximum Gasteiger partial charge on any atom is 0.405 e. The third-order valence-electron chi connectivity index (χ3n) is 13.9. The first-order valence-electron chi connectivity index (χ1n) is 21.8. The lowest BCUT2D eigenvalue weighted by Crippen LogP contribution is -2.66. The maximum atomic E-state index is 14.8. The summed E-state index contributed by atoms with van der Waals surface area (Å²) in [6, 6.07) is -2.14. The maximum absolute atomic E-state index is 14.8. The highest BCUT2D eigenvalue weighted by molar-refractivity contribution is 6.44. The molecule has 7 N–H and O–H groups in total. The summed E-state index contributed by atoms with van der Waals surface area (Å²) in [7, 11) is 1.30. The highest BCUT2D eigenvalue weighted by Crippen LogP contribution is 2.53. The summed E-state index contributed by atoms with van der Waals surface area (Å²) in [6.07, 6.45) is -9.02. The van der Waals surface area contributed by atoms with Gasteiger partial charge in [-0.25, -0.2) is 4.79 Å². The van der Waals surface area contributed by atoms with Crippen molar-refractivity contribution in [1.29, 1.82) is 0 Å². The number of aromatic nitrogens is 1. The number of nitrogens with zero attached hydrogens (tertiary/aromatic N) is 1. The van der Waals surface area contributed by atoms with E-state index in [0.29, 0.717) is 31.4 Å². The predicted octanol–water partition coefficient (Wildman–Crippen LogP) is 4.39. The Bertz CT molecular complexity index is 2040. The fourth-order valence-corrected chi connectivity index (χ4v) is 11.2. The first kappa shape index (κ1) is 49.7. The fourth-order valence-electron chi connectivity index (χ4n) is 10.7. The minimum Gasteiger partial charge on any atom is -0.511 e. The summed E-state index contributed by atoms with van der Waals surface area (Å²) in [5.41, 5.74) is 4.36. The molecule has 3 amide bonds. The molecular weight excluding hydrogens is 879 g/mol. The molecule has 6 rings (SSSR count). The number of methoxy groups -OCH3 is 1. The predicted molar refractivity (Wildman–Crippen MR) is 230 cm³/mol. The molecule has 3 aliphatic heterocycles. The lowest BCUT2D eigenvalue weighted by molar-refractivity contribution is -0.298. The van der Waals surface area contributed by atoms with Crippen molar-refractivity contribution in [2.45, 2.75) is 160 Å². The van der Waals surface area contributed by atoms with Crippen LogP contribution >= 0.6 is 23.2 Å². The van der Waals surface area contributed by atoms with E-state index in [-0.39, 0.29) is 39.8 Å². The van der Waals surface area contributed by atoms with E-state index in [2.05, 4.69) is 16.9 Å². The Morgan fingerprint density at radius 1 is 1.02 bits per heavy atom. The molecule has 5 aliphatic rings. The van der Waals surface area contributed by atoms with Crippen molar-refractivity contribution in [3.8, 4) is 0 Å². The smallest absolute Gasteiger partial charge is 0.405 e. The number of ether oxygens (including phenoxy) is 6. The van der Waals surface area contributed by atoms with Crippen LogP contribution in [0.25, 0.3) is 0 Å². The van der Waals surface area contributed by atoms with Gasteiger partial charge in [0.25, 0.3) is 11.8 Å². The van der Waals surface area contributed by atoms with Crippen LogP contribution in [-0.4, -0.2) is 135 Å². The summed E-state index contributed by atoms with van der Waals surface area (Å²) < 4.78 is 35.7. The molecule has 1 aromatic heterocycles. The van der Waals surface area contributed by atoms with Gasteiger partial charge in [0, 0.05) is 32.1 Å². The van der Waals surface area contributed by atoms with Crippen LogP contribution in [0.4, 0.5) is 4.79 Å². The number of likely N-dealkylation sites (tertiary alicyclic amines) is 1. The summed E-state index contributed by atoms with van der Waals surface area (Å²) in [4.78, 5) is 70.9. The number of hydrogen-bond acceptors (Lipinski definition) is 14. The minimum atomic E-state index is -1.91. The molecule has 0 spiro atoms. The number of esters is 1. The molecule has 1 aromatic rings. The third-order valence-corrected chi connectivity index (χ3v) is 14.9. The van der Waals surface area contributed by atoms with E-state index in [1.54, 1.807) is 41.5 Å². The number of aryl methyl sites for hydroxylation is 1. The number of carbonyl (C=O) groups is 5. The highest BCUT2D eigenvalue weighted by Gasteiger charge is 2.59. The zero-order chi connectivity index (χ0) is 47.4. The van der Waals surface area contributed by atoms with Gasteiger partial charge in [0.1, 0.15) is 40.9 Å². The lowest BCUT2D eigenvalue weighted by atomic mass is 9.58. The van der Waals surface area contributed by atoms with Gasteiger partial charge in [-0.2, -0.15) is 0 Å². The molecule has 0 radical (unpaired) electrons. The van der Waals surface area contributed by atoms with Crippen molar-refractivity contribution in [3.63, 3.8) is 0 Å². The minimum absolute atomic E-state index is 0.0116. The van der Waals surface area contributed by atoms with Gasteiger partial charge in [0.2, 0.25) is 0 Å². The second kappa shape index (κ2) is 19.2. The van der Waals surface area contributed by atoms with E-state index in [1.165, 1.54) is 12.0 Å². The topological polar surface area (TPSA) is 258 Å². The van der Waals surface area contributed by atoms with Crippen LogP contribution in [0.2, 0.25) is 10.0 Å². The van der Waals surface area contributed by atoms with E-state index >= 15 is 0 Å². The van der Waals surface area contributed by atoms with E-state index < -0.39 is 126 Å². The summed E-state index contributed by atoms with van der Waals surface area (Å²) >= 11 is 12.5. The van der Waals surface area contributed by atoms with Crippen molar-refractivity contribution in [3.05, 3.63) is 44.9 Å². The van der Waals surface area contributed by atoms with Crippen LogP contribution in [0.3, 0.4) is 0 Å². The second-order valence-electron chi connectivity index (χ2n) is 18.4. The van der Waals surface area contributed by atoms with Gasteiger partial charge in [0.15, 0.2) is 30.5 Å². The number of carbonyl (C=O) groups excluding carboxylic acids is 5. The number of allylic oxidation sites excluding steroid dienone is 2. The molecule has 0 aromatic carbocycles. The number of nitrogens with two attached hydrogens (primary N) is 1. The molecule has 0 bridgehead atoms. The average molecular weight is 942 g/mol. The monoisotopic (exact) mass is 940 g/mol. The summed E-state index contributed by atoms with van der Waals surface area (Å²) in [5, 5.41) is 38.7. The van der Waals surface area contributed by atoms with Gasteiger partial charge in [-0.15, -0.1) is 0 Å². The van der Waals surface area contributed by atoms with E-state index in [4.69, 9.17) is 57.4 Å². The normalized spacial score (nSPS) is 38.2. The van der Waals surface area contributed by atoms with E-state index in [9.17, 15) is 39.3 Å². The van der Waals surface area contributed by atoms with Gasteiger partial charge >= 0.3 is 12.1 Å². The number of ketones is 1. The van der Waals surface area contributed by atoms with Crippen molar-refractivity contribution in [1.82, 2.24) is 15.2 Å². The molecule has 5 fully saturated rings. The number of H-pyrrole nitrogens is 1. The molecule has 4 heterocycles. The molecule has 2 aliphatic carbocycles. The molecule has 3 saturated heterocycles. The van der Waals surface area contributed by atoms with Gasteiger partial charge in [0.05, 0.1) is 34.4 Å². The van der Waals surface area contributed by atoms with E-state index in [0.717, 1.165) is 12.5 Å². The van der Waals surface area contributed by atoms with Crippen LogP contribution in [0.5, 0.6) is 0 Å². The Morgan fingerprint density at radius 3 is 2.27 bits per heavy atom. The Kier molecular flexibility index (Phi) is 14.9. The van der Waals surface area contributed by atoms with E-state index in [1.807, 2.05) is 6.92 Å². The number of hydrogen-bond donors (Lipinski definition) is 6. The van der Waals surface area contributed by atoms with Crippen LogP contribution in [0.1, 0.15) is 96.8 Å². The summed E-state index contributed by atoms with van der Waals surface area (Å²) in [6.45, 7) is 17.4. The zero-order valence-corrected chi connectivity index (χ0v) is 39.1. The van der Waals surface area contributed by atoms with Crippen LogP contribution in [0, 0.1) is 36.5 Å². The Labute approximate surface area is 382 Å². The number of aromatic amines is 1. The van der Waals surface area contributed by atoms with Gasteiger partial charge < -0.3 is 59.8 Å². The molecule has 18 nitrogen and oxygen atoms in total. The van der Waals surface area contributed by atoms with Crippen molar-refractivity contribution < 1.29 is 67.7 Å². The second-order valence-corrected chi connectivity index (χ2v) is 19.2. The molecule has 64 heavy (non-hydrogen) atoms. The van der Waals surface area contributed by atoms with Crippen molar-refractivity contribution >= 4 is 52.9 Å². The van der Waals surface area contributed by atoms with Crippen LogP contribution in [0.15, 0.2) is 23.5 Å². The van der Waals surface area contributed by atoms with Gasteiger partial charge in [-0.1, -0.05) is 56.1 Å². The SMILES string of the molecule is C=C1CC[C@@H](O[C@H]2C[C@@](O)([C@H](C)NC(=O)c3[nH]c(C)c(Cl)c3Cl)[C@H](O)[C@@H](C)O2)[C@@H]2CC[C@H](C)[C@H](/C(O)=C3\C(=O)[C@H](C(C)C)N([C@@H]4O[C@@H](C)[C@@H](OC(N)=O)[C@@H](OC(C)=O)[C@H]4OC)C3=O)[C@@H]12. The largest absolute Gasteiger partial charge is 0.511 e. The van der Waals surface area contributed by atoms with Crippen molar-refractivity contribution in [2.75, 3.05) is 7.11 Å². The van der Waals surface area contributed by atoms with Gasteiger partial charge in [-0.05, 0) is 77.0 Å². The number of rotatable bonds is 11. The molecule has 2 saturated carbocycles. The fraction of sp³-hybridized carbons (Fsp3) is 0.705. The first-order chi connectivity index (χ1) is 29.9. The Balaban J connectivity index is 1.27. The lowest BCUT2D eigenvalue weighted by Gasteiger charge is -2.51. The number of halogens is 2. The number of amides is 3. The molecule has 16 atom stereocenters. The average Bonchev–Trinajstić information content (AvgIpc) is 3.63. The third kappa shape index (κ3) is 9.05. The molecule has 0 unspecified atom stereocenters. The molecular formula is C44H62Cl2N4O14. The molecule has 20 heteroatoms. The highest BCUT2D eigenvalue weighted by atomic mass is 35.5. The standard InChI is InChI=1S/C44H62Cl2N4O14/c1-16(2)33-35(53)29(41(56)50(33)42-38(59-10)37(62-23(9)51)36(20(6)61-42)64-43(47)57)34(52)28-18(4)11-13-24-25(14-12-17(3)27(24)28)63-26-15-44(58,39(54)21(7)60-26)22(8)49-40(55)32-31(46)30(45)19(5)48-32/h16,18,20-22,24-28,33,36-39,42,48,52,54,58H,3,11-15H2,1-2,4-10H3,(H2,47,57)(H,49,55)/b34-29-/t18-,20-,21+,22-,24-,25+,26-,27-,28-,33-,36+,37+,38+,39+,42+,44+/m0/s1. The Hall–Kier alpha value is -3.75. The number of aliphatic hydroxyl groups excluding tert-OH is 2. The van der Waals surface area contributed by atoms with Gasteiger partial charge in [-0.3, -0.25) is 24.1 Å². The quantitative estimate of drug-likeness (QED) is 0.0592. The number of Topliss-reactive ketones (excluding diaryl/α,β-unsaturated/α-hetero) is 1. The number of nitrogens with one attached hydrogen (secondary N) is 2. The Morgan fingerprint density at radius 2 is 1.69 bits per heavy atom. The zero-order valence-electron chi connectivity index (χ0n) is 37.6.